The molecule has 1 rings (SSSR count). The van der Waals surface area contributed by atoms with Crippen LogP contribution >= 0.6 is 0 Å². The first-order valence-corrected chi connectivity index (χ1v) is 5.43. The number of hydrogen-bond acceptors (Lipinski definition) is 5. The van der Waals surface area contributed by atoms with Crippen molar-refractivity contribution in [2.75, 3.05) is 25.6 Å². The van der Waals surface area contributed by atoms with E-state index in [-0.39, 0.29) is 11.6 Å². The lowest BCUT2D eigenvalue weighted by molar-refractivity contribution is -0.384. The molecule has 0 bridgehead atoms. The molecule has 0 amide bonds. The van der Waals surface area contributed by atoms with Crippen molar-refractivity contribution < 1.29 is 9.66 Å². The summed E-state index contributed by atoms with van der Waals surface area (Å²) in [7, 11) is 3.27. The molecule has 7 nitrogen and oxygen atoms in total. The topological polar surface area (TPSA) is 82.2 Å². The van der Waals surface area contributed by atoms with Gasteiger partial charge in [0.05, 0.1) is 11.5 Å². The summed E-state index contributed by atoms with van der Waals surface area (Å²) in [6, 6.07) is 0. The molecule has 1 aromatic rings. The van der Waals surface area contributed by atoms with Crippen molar-refractivity contribution in [3.8, 4) is 0 Å². The van der Waals surface area contributed by atoms with Gasteiger partial charge in [-0.15, -0.1) is 0 Å². The maximum atomic E-state index is 11.1. The van der Waals surface area contributed by atoms with E-state index in [1.54, 1.807) is 14.2 Å². The predicted octanol–water partition coefficient (Wildman–Crippen LogP) is 1.51. The van der Waals surface area contributed by atoms with Crippen molar-refractivity contribution in [2.45, 2.75) is 19.8 Å². The molecule has 1 N–H and O–H groups in total. The minimum Gasteiger partial charge on any atom is -0.383 e. The van der Waals surface area contributed by atoms with Gasteiger partial charge < -0.3 is 10.1 Å². The number of ether oxygens (including phenoxy) is 1. The number of nitrogens with zero attached hydrogens (tertiary/aromatic N) is 3. The van der Waals surface area contributed by atoms with Crippen LogP contribution in [0.3, 0.4) is 0 Å². The molecule has 0 atom stereocenters. The molecular formula is C10H18N4O3. The minimum atomic E-state index is -0.391. The molecule has 0 aromatic carbocycles. The Balaban J connectivity index is 3.05. The van der Waals surface area contributed by atoms with Crippen molar-refractivity contribution in [1.29, 1.82) is 0 Å². The average molecular weight is 242 g/mol. The first-order valence-electron chi connectivity index (χ1n) is 5.43. The number of nitro groups is 1. The first-order chi connectivity index (χ1) is 7.99. The largest absolute Gasteiger partial charge is 0.383 e. The smallest absolute Gasteiger partial charge is 0.334 e. The van der Waals surface area contributed by atoms with Crippen LogP contribution in [-0.4, -0.2) is 35.0 Å². The summed E-state index contributed by atoms with van der Waals surface area (Å²) < 4.78 is 6.40. The van der Waals surface area contributed by atoms with Crippen LogP contribution < -0.4 is 5.32 Å². The number of aryl methyl sites for hydroxylation is 1. The van der Waals surface area contributed by atoms with Gasteiger partial charge in [-0.05, 0) is 0 Å². The van der Waals surface area contributed by atoms with Gasteiger partial charge in [-0.3, -0.25) is 10.1 Å². The maximum absolute atomic E-state index is 11.1. The minimum absolute atomic E-state index is 0.0135. The summed E-state index contributed by atoms with van der Waals surface area (Å²) in [4.78, 5) is 10.7. The highest BCUT2D eigenvalue weighted by atomic mass is 16.6. The summed E-state index contributed by atoms with van der Waals surface area (Å²) in [5, 5.41) is 18.2. The summed E-state index contributed by atoms with van der Waals surface area (Å²) in [5.41, 5.74) is 0.552. The van der Waals surface area contributed by atoms with E-state index < -0.39 is 4.92 Å². The fourth-order valence-corrected chi connectivity index (χ4v) is 1.57. The Morgan fingerprint density at radius 1 is 1.59 bits per heavy atom. The summed E-state index contributed by atoms with van der Waals surface area (Å²) >= 11 is 0. The van der Waals surface area contributed by atoms with E-state index in [0.717, 1.165) is 0 Å². The molecular weight excluding hydrogens is 224 g/mol. The van der Waals surface area contributed by atoms with Crippen LogP contribution in [0.5, 0.6) is 0 Å². The van der Waals surface area contributed by atoms with Crippen molar-refractivity contribution in [1.82, 2.24) is 9.78 Å². The molecule has 0 aliphatic rings. The predicted molar refractivity (Wildman–Crippen MR) is 64.3 cm³/mol. The fraction of sp³-hybridized carbons (Fsp3) is 0.700. The zero-order valence-electron chi connectivity index (χ0n) is 10.6. The third-order valence-corrected chi connectivity index (χ3v) is 2.38. The standard InChI is InChI=1S/C10H18N4O3/c1-7(2)8-9(14(15)16)10(13(3)12-8)11-5-6-17-4/h7,11H,5-6H2,1-4H3. The highest BCUT2D eigenvalue weighted by molar-refractivity contribution is 5.60. The molecule has 17 heavy (non-hydrogen) atoms. The summed E-state index contributed by atoms with van der Waals surface area (Å²) in [6.45, 7) is 4.76. The lowest BCUT2D eigenvalue weighted by Gasteiger charge is -2.04. The van der Waals surface area contributed by atoms with E-state index in [1.165, 1.54) is 4.68 Å². The zero-order chi connectivity index (χ0) is 13.0. The average Bonchev–Trinajstić information content (AvgIpc) is 2.57. The van der Waals surface area contributed by atoms with E-state index >= 15 is 0 Å². The number of rotatable bonds is 6. The van der Waals surface area contributed by atoms with Crippen molar-refractivity contribution in [3.05, 3.63) is 15.8 Å². The Morgan fingerprint density at radius 3 is 2.71 bits per heavy atom. The Bertz CT molecular complexity index is 401. The number of nitrogens with one attached hydrogen (secondary N) is 1. The molecule has 0 fully saturated rings. The van der Waals surface area contributed by atoms with Crippen molar-refractivity contribution >= 4 is 11.5 Å². The molecule has 0 saturated carbocycles. The van der Waals surface area contributed by atoms with Crippen LogP contribution in [0.1, 0.15) is 25.5 Å². The molecule has 1 heterocycles. The van der Waals surface area contributed by atoms with Gasteiger partial charge in [-0.2, -0.15) is 5.10 Å². The van der Waals surface area contributed by atoms with E-state index in [9.17, 15) is 10.1 Å². The highest BCUT2D eigenvalue weighted by Gasteiger charge is 2.27. The van der Waals surface area contributed by atoms with Crippen LogP contribution in [0, 0.1) is 10.1 Å². The molecule has 96 valence electrons. The Labute approximate surface area is 99.9 Å². The summed E-state index contributed by atoms with van der Waals surface area (Å²) in [5.74, 6) is 0.440. The lowest BCUT2D eigenvalue weighted by atomic mass is 10.1. The summed E-state index contributed by atoms with van der Waals surface area (Å²) in [6.07, 6.45) is 0. The SMILES string of the molecule is COCCNc1c([N+](=O)[O-])c(C(C)C)nn1C. The number of methoxy groups -OCH3 is 1. The number of anilines is 1. The van der Waals surface area contributed by atoms with Gasteiger partial charge in [0, 0.05) is 26.6 Å². The fourth-order valence-electron chi connectivity index (χ4n) is 1.57. The molecule has 0 aliphatic heterocycles. The van der Waals surface area contributed by atoms with Crippen molar-refractivity contribution in [2.24, 2.45) is 7.05 Å². The van der Waals surface area contributed by atoms with Crippen LogP contribution in [-0.2, 0) is 11.8 Å². The number of hydrogen-bond donors (Lipinski definition) is 1. The molecule has 7 heteroatoms. The molecule has 0 aliphatic carbocycles. The first kappa shape index (κ1) is 13.4. The van der Waals surface area contributed by atoms with Gasteiger partial charge in [-0.1, -0.05) is 13.8 Å². The third kappa shape index (κ3) is 2.94. The van der Waals surface area contributed by atoms with Crippen LogP contribution in [0.2, 0.25) is 0 Å². The third-order valence-electron chi connectivity index (χ3n) is 2.38. The quantitative estimate of drug-likeness (QED) is 0.464. The van der Waals surface area contributed by atoms with Gasteiger partial charge in [0.25, 0.3) is 0 Å². The normalized spacial score (nSPS) is 10.9. The second kappa shape index (κ2) is 5.62. The van der Waals surface area contributed by atoms with Gasteiger partial charge in [0.15, 0.2) is 0 Å². The van der Waals surface area contributed by atoms with E-state index in [2.05, 4.69) is 10.4 Å². The second-order valence-corrected chi connectivity index (χ2v) is 4.04. The number of aromatic nitrogens is 2. The lowest BCUT2D eigenvalue weighted by Crippen LogP contribution is -2.11. The van der Waals surface area contributed by atoms with E-state index in [0.29, 0.717) is 24.7 Å². The van der Waals surface area contributed by atoms with E-state index in [1.807, 2.05) is 13.8 Å². The second-order valence-electron chi connectivity index (χ2n) is 4.04. The maximum Gasteiger partial charge on any atom is 0.334 e. The molecule has 0 saturated heterocycles. The van der Waals surface area contributed by atoms with Gasteiger partial charge in [-0.25, -0.2) is 4.68 Å². The van der Waals surface area contributed by atoms with Gasteiger partial charge >= 0.3 is 5.69 Å². The molecule has 1 aromatic heterocycles. The van der Waals surface area contributed by atoms with Gasteiger partial charge in [0.2, 0.25) is 5.82 Å². The van der Waals surface area contributed by atoms with Crippen LogP contribution in [0.25, 0.3) is 0 Å². The van der Waals surface area contributed by atoms with Crippen molar-refractivity contribution in [3.63, 3.8) is 0 Å². The molecule has 0 radical (unpaired) electrons. The molecule has 0 spiro atoms. The zero-order valence-corrected chi connectivity index (χ0v) is 10.6. The highest BCUT2D eigenvalue weighted by Crippen LogP contribution is 2.32. The van der Waals surface area contributed by atoms with Crippen LogP contribution in [0.4, 0.5) is 11.5 Å². The van der Waals surface area contributed by atoms with Crippen LogP contribution in [0.15, 0.2) is 0 Å². The monoisotopic (exact) mass is 242 g/mol. The van der Waals surface area contributed by atoms with E-state index in [4.69, 9.17) is 4.74 Å². The molecule has 0 unspecified atom stereocenters. The Kier molecular flexibility index (Phi) is 4.45. The Hall–Kier alpha value is -1.63. The van der Waals surface area contributed by atoms with Gasteiger partial charge in [0.1, 0.15) is 5.69 Å². The Morgan fingerprint density at radius 2 is 2.24 bits per heavy atom.